The highest BCUT2D eigenvalue weighted by atomic mass is 16.5. The van der Waals surface area contributed by atoms with Crippen LogP contribution in [0.1, 0.15) is 18.9 Å². The summed E-state index contributed by atoms with van der Waals surface area (Å²) in [6.45, 7) is 2.51. The third kappa shape index (κ3) is 3.12. The van der Waals surface area contributed by atoms with Gasteiger partial charge in [0.1, 0.15) is 11.5 Å². The highest BCUT2D eigenvalue weighted by Gasteiger charge is 2.25. The quantitative estimate of drug-likeness (QED) is 0.855. The molecule has 1 amide bonds. The van der Waals surface area contributed by atoms with E-state index in [1.54, 1.807) is 4.90 Å². The van der Waals surface area contributed by atoms with Crippen LogP contribution < -0.4 is 15.4 Å². The largest absolute Gasteiger partial charge is 0.482 e. The molecule has 0 unspecified atom stereocenters. The first-order valence-electron chi connectivity index (χ1n) is 6.37. The summed E-state index contributed by atoms with van der Waals surface area (Å²) >= 11 is 0. The van der Waals surface area contributed by atoms with Gasteiger partial charge in [0.15, 0.2) is 6.61 Å². The Morgan fingerprint density at radius 3 is 2.95 bits per heavy atom. The summed E-state index contributed by atoms with van der Waals surface area (Å²) in [6.07, 6.45) is 1.11. The number of amides is 1. The molecule has 2 N–H and O–H groups in total. The number of Topliss-reactive ketones (excluding diaryl/α,β-unsaturated/α-hetero) is 1. The van der Waals surface area contributed by atoms with Crippen molar-refractivity contribution < 1.29 is 14.3 Å². The Kier molecular flexibility index (Phi) is 4.16. The zero-order valence-corrected chi connectivity index (χ0v) is 11.0. The molecule has 0 spiro atoms. The number of hydrogen-bond acceptors (Lipinski definition) is 4. The van der Waals surface area contributed by atoms with E-state index in [9.17, 15) is 9.59 Å². The SMILES string of the molecule is CC(=O)CCN1C(=O)COc2ccc(CCN)cc21. The first-order valence-corrected chi connectivity index (χ1v) is 6.37. The van der Waals surface area contributed by atoms with Crippen molar-refractivity contribution in [3.63, 3.8) is 0 Å². The number of rotatable bonds is 5. The molecule has 1 aliphatic rings. The number of fused-ring (bicyclic) bond motifs is 1. The molecule has 1 aromatic carbocycles. The van der Waals surface area contributed by atoms with Crippen molar-refractivity contribution in [2.24, 2.45) is 5.73 Å². The maximum atomic E-state index is 11.9. The summed E-state index contributed by atoms with van der Waals surface area (Å²) < 4.78 is 5.40. The molecule has 0 bridgehead atoms. The molecule has 19 heavy (non-hydrogen) atoms. The van der Waals surface area contributed by atoms with Crippen LogP contribution in [0.5, 0.6) is 5.75 Å². The maximum Gasteiger partial charge on any atom is 0.265 e. The van der Waals surface area contributed by atoms with Crippen LogP contribution in [0.25, 0.3) is 0 Å². The first-order chi connectivity index (χ1) is 9.11. The standard InChI is InChI=1S/C14H18N2O3/c1-10(17)5-7-16-12-8-11(4-6-15)2-3-13(12)19-9-14(16)18/h2-3,8H,4-7,9,15H2,1H3. The van der Waals surface area contributed by atoms with Gasteiger partial charge in [0.2, 0.25) is 0 Å². The maximum absolute atomic E-state index is 11.9. The van der Waals surface area contributed by atoms with Crippen molar-refractivity contribution in [3.05, 3.63) is 23.8 Å². The molecule has 0 fully saturated rings. The van der Waals surface area contributed by atoms with E-state index in [0.29, 0.717) is 25.3 Å². The van der Waals surface area contributed by atoms with E-state index >= 15 is 0 Å². The Morgan fingerprint density at radius 1 is 1.47 bits per heavy atom. The van der Waals surface area contributed by atoms with E-state index in [1.807, 2.05) is 18.2 Å². The minimum Gasteiger partial charge on any atom is -0.482 e. The van der Waals surface area contributed by atoms with Crippen molar-refractivity contribution >= 4 is 17.4 Å². The molecule has 0 saturated heterocycles. The smallest absolute Gasteiger partial charge is 0.265 e. The lowest BCUT2D eigenvalue weighted by Crippen LogP contribution is -2.40. The summed E-state index contributed by atoms with van der Waals surface area (Å²) in [5, 5.41) is 0. The fourth-order valence-electron chi connectivity index (χ4n) is 2.08. The predicted octanol–water partition coefficient (Wildman–Crippen LogP) is 0.892. The molecule has 0 aliphatic carbocycles. The average molecular weight is 262 g/mol. The molecule has 5 nitrogen and oxygen atoms in total. The number of carbonyl (C=O) groups is 2. The van der Waals surface area contributed by atoms with Crippen molar-refractivity contribution in [1.82, 2.24) is 0 Å². The summed E-state index contributed by atoms with van der Waals surface area (Å²) in [5.74, 6) is 0.640. The van der Waals surface area contributed by atoms with Gasteiger partial charge in [-0.15, -0.1) is 0 Å². The Labute approximate surface area is 112 Å². The highest BCUT2D eigenvalue weighted by molar-refractivity contribution is 5.98. The lowest BCUT2D eigenvalue weighted by Gasteiger charge is -2.29. The van der Waals surface area contributed by atoms with Crippen molar-refractivity contribution in [3.8, 4) is 5.75 Å². The summed E-state index contributed by atoms with van der Waals surface area (Å²) in [4.78, 5) is 24.6. The van der Waals surface area contributed by atoms with Gasteiger partial charge in [-0.2, -0.15) is 0 Å². The van der Waals surface area contributed by atoms with Gasteiger partial charge in [-0.05, 0) is 37.6 Å². The van der Waals surface area contributed by atoms with Gasteiger partial charge >= 0.3 is 0 Å². The van der Waals surface area contributed by atoms with E-state index in [4.69, 9.17) is 10.5 Å². The van der Waals surface area contributed by atoms with Crippen LogP contribution >= 0.6 is 0 Å². The Bertz CT molecular complexity index is 499. The average Bonchev–Trinajstić information content (AvgIpc) is 2.37. The van der Waals surface area contributed by atoms with Crippen LogP contribution in [0.2, 0.25) is 0 Å². The van der Waals surface area contributed by atoms with E-state index < -0.39 is 0 Å². The number of nitrogens with zero attached hydrogens (tertiary/aromatic N) is 1. The zero-order chi connectivity index (χ0) is 13.8. The van der Waals surface area contributed by atoms with Crippen LogP contribution in [-0.2, 0) is 16.0 Å². The minimum atomic E-state index is -0.112. The van der Waals surface area contributed by atoms with Crippen LogP contribution in [-0.4, -0.2) is 31.4 Å². The van der Waals surface area contributed by atoms with Crippen LogP contribution in [0.3, 0.4) is 0 Å². The summed E-state index contributed by atoms with van der Waals surface area (Å²) in [5.41, 5.74) is 7.34. The third-order valence-corrected chi connectivity index (χ3v) is 3.09. The lowest BCUT2D eigenvalue weighted by molar-refractivity contribution is -0.121. The van der Waals surface area contributed by atoms with Gasteiger partial charge in [0, 0.05) is 13.0 Å². The van der Waals surface area contributed by atoms with E-state index in [2.05, 4.69) is 0 Å². The summed E-state index contributed by atoms with van der Waals surface area (Å²) in [7, 11) is 0. The molecule has 0 saturated carbocycles. The van der Waals surface area contributed by atoms with Crippen LogP contribution in [0, 0.1) is 0 Å². The third-order valence-electron chi connectivity index (χ3n) is 3.09. The fraction of sp³-hybridized carbons (Fsp3) is 0.429. The van der Waals surface area contributed by atoms with Gasteiger partial charge in [-0.25, -0.2) is 0 Å². The Morgan fingerprint density at radius 2 is 2.26 bits per heavy atom. The monoisotopic (exact) mass is 262 g/mol. The van der Waals surface area contributed by atoms with Crippen molar-refractivity contribution in [2.75, 3.05) is 24.6 Å². The van der Waals surface area contributed by atoms with Crippen LogP contribution in [0.15, 0.2) is 18.2 Å². The van der Waals surface area contributed by atoms with E-state index in [-0.39, 0.29) is 18.3 Å². The molecule has 0 radical (unpaired) electrons. The molecule has 1 aliphatic heterocycles. The number of hydrogen-bond donors (Lipinski definition) is 1. The fourth-order valence-corrected chi connectivity index (χ4v) is 2.08. The topological polar surface area (TPSA) is 72.6 Å². The Hall–Kier alpha value is -1.88. The molecular weight excluding hydrogens is 244 g/mol. The van der Waals surface area contributed by atoms with Crippen molar-refractivity contribution in [1.29, 1.82) is 0 Å². The van der Waals surface area contributed by atoms with Gasteiger partial charge in [-0.3, -0.25) is 9.59 Å². The molecular formula is C14H18N2O3. The lowest BCUT2D eigenvalue weighted by atomic mass is 10.1. The van der Waals surface area contributed by atoms with Gasteiger partial charge < -0.3 is 15.4 Å². The normalized spacial score (nSPS) is 14.0. The molecule has 5 heteroatoms. The second kappa shape index (κ2) is 5.84. The van der Waals surface area contributed by atoms with Gasteiger partial charge in [-0.1, -0.05) is 6.07 Å². The molecule has 0 atom stereocenters. The number of ether oxygens (including phenoxy) is 1. The van der Waals surface area contributed by atoms with Gasteiger partial charge in [0.05, 0.1) is 5.69 Å². The van der Waals surface area contributed by atoms with E-state index in [1.165, 1.54) is 6.92 Å². The molecule has 1 aromatic rings. The number of carbonyl (C=O) groups excluding carboxylic acids is 2. The molecule has 2 rings (SSSR count). The van der Waals surface area contributed by atoms with E-state index in [0.717, 1.165) is 17.7 Å². The highest BCUT2D eigenvalue weighted by Crippen LogP contribution is 2.33. The number of anilines is 1. The first kappa shape index (κ1) is 13.5. The summed E-state index contributed by atoms with van der Waals surface area (Å²) in [6, 6.07) is 5.72. The number of ketones is 1. The molecule has 1 heterocycles. The second-order valence-corrected chi connectivity index (χ2v) is 4.63. The Balaban J connectivity index is 2.27. The molecule has 102 valence electrons. The predicted molar refractivity (Wildman–Crippen MR) is 72.3 cm³/mol. The molecule has 0 aromatic heterocycles. The second-order valence-electron chi connectivity index (χ2n) is 4.63. The van der Waals surface area contributed by atoms with Crippen molar-refractivity contribution in [2.45, 2.75) is 19.8 Å². The number of benzene rings is 1. The minimum absolute atomic E-state index is 0.0289. The van der Waals surface area contributed by atoms with Crippen LogP contribution in [0.4, 0.5) is 5.69 Å². The number of nitrogens with two attached hydrogens (primary N) is 1. The van der Waals surface area contributed by atoms with Gasteiger partial charge in [0.25, 0.3) is 5.91 Å². The zero-order valence-electron chi connectivity index (χ0n) is 11.0.